The summed E-state index contributed by atoms with van der Waals surface area (Å²) in [4.78, 5) is 0. The number of hydrogen-bond donors (Lipinski definition) is 1. The Bertz CT molecular complexity index is 370. The number of ether oxygens (including phenoxy) is 2. The fraction of sp³-hybridized carbons (Fsp3) is 0.647. The molecule has 0 saturated heterocycles. The van der Waals surface area contributed by atoms with Crippen LogP contribution in [-0.4, -0.2) is 40.5 Å². The van der Waals surface area contributed by atoms with E-state index in [0.29, 0.717) is 11.8 Å². The maximum atomic E-state index is 13.0. The molecular weight excluding hydrogens is 269 g/mol. The van der Waals surface area contributed by atoms with Crippen LogP contribution in [0, 0.1) is 17.7 Å². The quantitative estimate of drug-likeness (QED) is 0.637. The number of rotatable bonds is 11. The summed E-state index contributed by atoms with van der Waals surface area (Å²) in [6, 6.07) is 6.82. The minimum Gasteiger partial charge on any atom is -0.385 e. The molecule has 0 aliphatic carbocycles. The Morgan fingerprint density at radius 3 is 2.38 bits per heavy atom. The van der Waals surface area contributed by atoms with Gasteiger partial charge in [-0.05, 0) is 48.9 Å². The number of methoxy groups -OCH3 is 2. The fourth-order valence-corrected chi connectivity index (χ4v) is 2.40. The molecule has 0 heterocycles. The SMILES string of the molecule is COCCNCC(Cc1ccc(F)cc1)C(C)CCOC. The lowest BCUT2D eigenvalue weighted by Gasteiger charge is -2.24. The van der Waals surface area contributed by atoms with E-state index >= 15 is 0 Å². The van der Waals surface area contributed by atoms with Crippen molar-refractivity contribution < 1.29 is 13.9 Å². The van der Waals surface area contributed by atoms with Crippen LogP contribution < -0.4 is 5.32 Å². The normalized spacial score (nSPS) is 14.1. The zero-order chi connectivity index (χ0) is 15.5. The summed E-state index contributed by atoms with van der Waals surface area (Å²) in [5, 5.41) is 3.44. The summed E-state index contributed by atoms with van der Waals surface area (Å²) in [6.45, 7) is 5.54. The van der Waals surface area contributed by atoms with Crippen LogP contribution in [-0.2, 0) is 15.9 Å². The van der Waals surface area contributed by atoms with Crippen LogP contribution in [0.4, 0.5) is 4.39 Å². The van der Waals surface area contributed by atoms with E-state index in [-0.39, 0.29) is 5.82 Å². The van der Waals surface area contributed by atoms with Gasteiger partial charge in [-0.2, -0.15) is 0 Å². The lowest BCUT2D eigenvalue weighted by atomic mass is 9.86. The predicted octanol–water partition coefficient (Wildman–Crippen LogP) is 2.89. The van der Waals surface area contributed by atoms with Gasteiger partial charge in [-0.1, -0.05) is 19.1 Å². The number of nitrogens with one attached hydrogen (secondary N) is 1. The summed E-state index contributed by atoms with van der Waals surface area (Å²) in [5.74, 6) is 0.869. The molecule has 3 nitrogen and oxygen atoms in total. The van der Waals surface area contributed by atoms with E-state index in [1.807, 2.05) is 12.1 Å². The van der Waals surface area contributed by atoms with Gasteiger partial charge in [0.2, 0.25) is 0 Å². The monoisotopic (exact) mass is 297 g/mol. The number of benzene rings is 1. The van der Waals surface area contributed by atoms with Crippen LogP contribution in [0.25, 0.3) is 0 Å². The van der Waals surface area contributed by atoms with Crippen molar-refractivity contribution >= 4 is 0 Å². The van der Waals surface area contributed by atoms with Crippen LogP contribution in [0.3, 0.4) is 0 Å². The average molecular weight is 297 g/mol. The van der Waals surface area contributed by atoms with Gasteiger partial charge in [0.25, 0.3) is 0 Å². The van der Waals surface area contributed by atoms with Crippen LogP contribution >= 0.6 is 0 Å². The van der Waals surface area contributed by atoms with Crippen LogP contribution in [0.2, 0.25) is 0 Å². The van der Waals surface area contributed by atoms with E-state index in [1.54, 1.807) is 14.2 Å². The van der Waals surface area contributed by atoms with Crippen molar-refractivity contribution in [3.05, 3.63) is 35.6 Å². The average Bonchev–Trinajstić information content (AvgIpc) is 2.50. The van der Waals surface area contributed by atoms with E-state index in [4.69, 9.17) is 9.47 Å². The largest absolute Gasteiger partial charge is 0.385 e. The van der Waals surface area contributed by atoms with Crippen molar-refractivity contribution in [1.82, 2.24) is 5.32 Å². The van der Waals surface area contributed by atoms with Gasteiger partial charge in [-0.15, -0.1) is 0 Å². The zero-order valence-corrected chi connectivity index (χ0v) is 13.4. The molecular formula is C17H28FNO2. The summed E-state index contributed by atoms with van der Waals surface area (Å²) in [5.41, 5.74) is 1.18. The summed E-state index contributed by atoms with van der Waals surface area (Å²) >= 11 is 0. The third-order valence-electron chi connectivity index (χ3n) is 3.88. The molecule has 0 amide bonds. The molecule has 21 heavy (non-hydrogen) atoms. The highest BCUT2D eigenvalue weighted by molar-refractivity contribution is 5.16. The Kier molecular flexibility index (Phi) is 9.22. The summed E-state index contributed by atoms with van der Waals surface area (Å²) in [6.07, 6.45) is 1.99. The highest BCUT2D eigenvalue weighted by atomic mass is 19.1. The third-order valence-corrected chi connectivity index (χ3v) is 3.88. The summed E-state index contributed by atoms with van der Waals surface area (Å²) in [7, 11) is 3.44. The molecule has 1 aromatic carbocycles. The fourth-order valence-electron chi connectivity index (χ4n) is 2.40. The number of hydrogen-bond acceptors (Lipinski definition) is 3. The topological polar surface area (TPSA) is 30.5 Å². The Balaban J connectivity index is 2.54. The first-order valence-electron chi connectivity index (χ1n) is 7.60. The molecule has 0 fully saturated rings. The molecule has 1 aromatic rings. The van der Waals surface area contributed by atoms with Gasteiger partial charge in [0.15, 0.2) is 0 Å². The molecule has 0 saturated carbocycles. The number of halogens is 1. The first-order chi connectivity index (χ1) is 10.2. The second kappa shape index (κ2) is 10.7. The smallest absolute Gasteiger partial charge is 0.123 e. The predicted molar refractivity (Wildman–Crippen MR) is 84.0 cm³/mol. The first-order valence-corrected chi connectivity index (χ1v) is 7.60. The van der Waals surface area contributed by atoms with E-state index in [0.717, 1.165) is 39.1 Å². The van der Waals surface area contributed by atoms with Gasteiger partial charge in [0, 0.05) is 27.4 Å². The van der Waals surface area contributed by atoms with Crippen molar-refractivity contribution in [3.63, 3.8) is 0 Å². The van der Waals surface area contributed by atoms with Crippen molar-refractivity contribution in [2.24, 2.45) is 11.8 Å². The molecule has 4 heteroatoms. The second-order valence-electron chi connectivity index (χ2n) is 5.55. The highest BCUT2D eigenvalue weighted by Gasteiger charge is 2.17. The maximum absolute atomic E-state index is 13.0. The zero-order valence-electron chi connectivity index (χ0n) is 13.4. The molecule has 2 atom stereocenters. The molecule has 0 spiro atoms. The molecule has 0 aliphatic rings. The van der Waals surface area contributed by atoms with Crippen molar-refractivity contribution in [3.8, 4) is 0 Å². The Morgan fingerprint density at radius 1 is 1.10 bits per heavy atom. The molecule has 1 rings (SSSR count). The summed E-state index contributed by atoms with van der Waals surface area (Å²) < 4.78 is 23.2. The molecule has 0 radical (unpaired) electrons. The van der Waals surface area contributed by atoms with Crippen LogP contribution in [0.1, 0.15) is 18.9 Å². The van der Waals surface area contributed by atoms with E-state index in [9.17, 15) is 4.39 Å². The van der Waals surface area contributed by atoms with Crippen molar-refractivity contribution in [2.75, 3.05) is 40.5 Å². The lowest BCUT2D eigenvalue weighted by molar-refractivity contribution is 0.161. The van der Waals surface area contributed by atoms with Gasteiger partial charge in [-0.25, -0.2) is 4.39 Å². The standard InChI is InChI=1S/C17H28FNO2/c1-14(8-10-20-2)16(13-19-9-11-21-3)12-15-4-6-17(18)7-5-15/h4-7,14,16,19H,8-13H2,1-3H3. The lowest BCUT2D eigenvalue weighted by Crippen LogP contribution is -2.31. The van der Waals surface area contributed by atoms with Gasteiger partial charge in [0.05, 0.1) is 6.61 Å². The highest BCUT2D eigenvalue weighted by Crippen LogP contribution is 2.20. The molecule has 0 aromatic heterocycles. The van der Waals surface area contributed by atoms with E-state index < -0.39 is 0 Å². The molecule has 0 bridgehead atoms. The second-order valence-corrected chi connectivity index (χ2v) is 5.55. The third kappa shape index (κ3) is 7.55. The van der Waals surface area contributed by atoms with Crippen LogP contribution in [0.15, 0.2) is 24.3 Å². The first kappa shape index (κ1) is 18.1. The minimum absolute atomic E-state index is 0.180. The molecule has 1 N–H and O–H groups in total. The van der Waals surface area contributed by atoms with Crippen LogP contribution in [0.5, 0.6) is 0 Å². The molecule has 120 valence electrons. The van der Waals surface area contributed by atoms with Gasteiger partial charge in [-0.3, -0.25) is 0 Å². The Labute approximate surface area is 127 Å². The van der Waals surface area contributed by atoms with E-state index in [1.165, 1.54) is 17.7 Å². The molecule has 2 unspecified atom stereocenters. The van der Waals surface area contributed by atoms with Crippen molar-refractivity contribution in [2.45, 2.75) is 19.8 Å². The van der Waals surface area contributed by atoms with Gasteiger partial charge < -0.3 is 14.8 Å². The minimum atomic E-state index is -0.180. The maximum Gasteiger partial charge on any atom is 0.123 e. The Hall–Kier alpha value is -0.970. The molecule has 0 aliphatic heterocycles. The van der Waals surface area contributed by atoms with E-state index in [2.05, 4.69) is 12.2 Å². The Morgan fingerprint density at radius 2 is 1.76 bits per heavy atom. The van der Waals surface area contributed by atoms with Gasteiger partial charge >= 0.3 is 0 Å². The van der Waals surface area contributed by atoms with Gasteiger partial charge in [0.1, 0.15) is 5.82 Å². The van der Waals surface area contributed by atoms with Crippen molar-refractivity contribution in [1.29, 1.82) is 0 Å².